The number of hydrogen-bond acceptors (Lipinski definition) is 3. The zero-order valence-electron chi connectivity index (χ0n) is 13.0. The third-order valence-electron chi connectivity index (χ3n) is 3.34. The highest BCUT2D eigenvalue weighted by molar-refractivity contribution is 6.32. The summed E-state index contributed by atoms with van der Waals surface area (Å²) >= 11 is 5.78. The fraction of sp³-hybridized carbons (Fsp3) is 0.267. The largest absolute Gasteiger partial charge is 0.419 e. The molecule has 2 aromatic rings. The van der Waals surface area contributed by atoms with E-state index in [-0.39, 0.29) is 29.6 Å². The van der Waals surface area contributed by atoms with Crippen molar-refractivity contribution in [1.29, 1.82) is 0 Å². The van der Waals surface area contributed by atoms with Crippen molar-refractivity contribution in [3.05, 3.63) is 46.6 Å². The summed E-state index contributed by atoms with van der Waals surface area (Å²) in [6.45, 7) is 0.461. The number of benzene rings is 1. The van der Waals surface area contributed by atoms with Gasteiger partial charge in [0.15, 0.2) is 0 Å². The lowest BCUT2D eigenvalue weighted by atomic mass is 10.1. The molecule has 0 radical (unpaired) electrons. The maximum Gasteiger partial charge on any atom is 0.419 e. The number of nitrogens with one attached hydrogen (secondary N) is 3. The first-order chi connectivity index (χ1) is 12.0. The molecule has 0 fully saturated rings. The number of nitrogens with two attached hydrogens (primary N) is 1. The summed E-state index contributed by atoms with van der Waals surface area (Å²) in [5.74, 6) is 0.182. The Morgan fingerprint density at radius 3 is 2.08 bits per heavy atom. The second-order valence-corrected chi connectivity index (χ2v) is 5.67. The summed E-state index contributed by atoms with van der Waals surface area (Å²) in [5.41, 5.74) is 4.04. The number of alkyl halides is 6. The molecule has 0 spiro atoms. The van der Waals surface area contributed by atoms with E-state index < -0.39 is 23.5 Å². The molecule has 0 aliphatic heterocycles. The van der Waals surface area contributed by atoms with Crippen molar-refractivity contribution in [2.24, 2.45) is 0 Å². The van der Waals surface area contributed by atoms with Crippen LogP contribution in [0.3, 0.4) is 0 Å². The zero-order valence-corrected chi connectivity index (χ0v) is 13.8. The fourth-order valence-corrected chi connectivity index (χ4v) is 2.29. The Labute approximate surface area is 149 Å². The number of nitrogen functional groups attached to an aromatic ring is 1. The summed E-state index contributed by atoms with van der Waals surface area (Å²) in [4.78, 5) is 2.41. The molecule has 0 aliphatic carbocycles. The molecule has 11 heteroatoms. The van der Waals surface area contributed by atoms with Gasteiger partial charge in [-0.1, -0.05) is 11.6 Å². The number of anilines is 3. The van der Waals surface area contributed by atoms with E-state index in [1.165, 1.54) is 6.07 Å². The van der Waals surface area contributed by atoms with E-state index in [1.54, 1.807) is 0 Å². The average Bonchev–Trinajstić information content (AvgIpc) is 2.52. The van der Waals surface area contributed by atoms with Gasteiger partial charge in [-0.05, 0) is 24.3 Å². The van der Waals surface area contributed by atoms with Crippen molar-refractivity contribution in [3.63, 3.8) is 0 Å². The SMILES string of the molecule is Nc1cc(C(F)(F)F)ccc1NCCNc1[nH+]cc(C(F)(F)F)cc1Cl. The molecule has 1 heterocycles. The van der Waals surface area contributed by atoms with Gasteiger partial charge >= 0.3 is 12.4 Å². The van der Waals surface area contributed by atoms with Gasteiger partial charge in [0.2, 0.25) is 0 Å². The highest BCUT2D eigenvalue weighted by atomic mass is 35.5. The molecular formula is C15H14ClF6N4+. The summed E-state index contributed by atoms with van der Waals surface area (Å²) in [5, 5.41) is 5.46. The summed E-state index contributed by atoms with van der Waals surface area (Å²) in [6, 6.07) is 3.69. The third-order valence-corrected chi connectivity index (χ3v) is 3.64. The van der Waals surface area contributed by atoms with Gasteiger partial charge in [0.25, 0.3) is 5.82 Å². The van der Waals surface area contributed by atoms with Gasteiger partial charge in [-0.15, -0.1) is 0 Å². The molecule has 4 nitrogen and oxygen atoms in total. The summed E-state index contributed by atoms with van der Waals surface area (Å²) in [6.07, 6.45) is -8.22. The first-order valence-electron chi connectivity index (χ1n) is 7.21. The van der Waals surface area contributed by atoms with Gasteiger partial charge in [0, 0.05) is 0 Å². The molecule has 0 bridgehead atoms. The van der Waals surface area contributed by atoms with E-state index >= 15 is 0 Å². The van der Waals surface area contributed by atoms with Crippen LogP contribution in [-0.4, -0.2) is 13.1 Å². The summed E-state index contributed by atoms with van der Waals surface area (Å²) in [7, 11) is 0. The number of hydrogen-bond donors (Lipinski definition) is 3. The van der Waals surface area contributed by atoms with E-state index in [0.29, 0.717) is 5.69 Å². The predicted molar refractivity (Wildman–Crippen MR) is 85.8 cm³/mol. The number of aromatic nitrogens is 1. The lowest BCUT2D eigenvalue weighted by Crippen LogP contribution is -2.21. The second kappa shape index (κ2) is 7.48. The van der Waals surface area contributed by atoms with Crippen LogP contribution in [0.5, 0.6) is 0 Å². The first kappa shape index (κ1) is 20.0. The lowest BCUT2D eigenvalue weighted by molar-refractivity contribution is -0.364. The molecule has 1 aromatic carbocycles. The Kier molecular flexibility index (Phi) is 5.74. The van der Waals surface area contributed by atoms with E-state index in [2.05, 4.69) is 15.6 Å². The minimum absolute atomic E-state index is 0.0704. The Morgan fingerprint density at radius 2 is 1.54 bits per heavy atom. The lowest BCUT2D eigenvalue weighted by Gasteiger charge is -2.12. The van der Waals surface area contributed by atoms with Crippen LogP contribution in [0.1, 0.15) is 11.1 Å². The first-order valence-corrected chi connectivity index (χ1v) is 7.59. The van der Waals surface area contributed by atoms with Gasteiger partial charge in [-0.25, -0.2) is 4.98 Å². The van der Waals surface area contributed by atoms with E-state index in [0.717, 1.165) is 24.4 Å². The number of rotatable bonds is 5. The molecular weight excluding hydrogens is 386 g/mol. The van der Waals surface area contributed by atoms with Crippen molar-refractivity contribution in [2.45, 2.75) is 12.4 Å². The number of aromatic amines is 1. The maximum absolute atomic E-state index is 12.6. The fourth-order valence-electron chi connectivity index (χ4n) is 2.05. The highest BCUT2D eigenvalue weighted by Crippen LogP contribution is 2.33. The minimum atomic E-state index is -4.51. The van der Waals surface area contributed by atoms with Gasteiger partial charge in [0.05, 0.1) is 29.0 Å². The topological polar surface area (TPSA) is 64.2 Å². The molecule has 0 atom stereocenters. The van der Waals surface area contributed by atoms with Crippen LogP contribution in [-0.2, 0) is 12.4 Å². The van der Waals surface area contributed by atoms with Gasteiger partial charge in [0.1, 0.15) is 17.8 Å². The van der Waals surface area contributed by atoms with Crippen molar-refractivity contribution < 1.29 is 31.3 Å². The van der Waals surface area contributed by atoms with Crippen LogP contribution in [0.25, 0.3) is 0 Å². The van der Waals surface area contributed by atoms with Crippen molar-refractivity contribution in [2.75, 3.05) is 29.5 Å². The van der Waals surface area contributed by atoms with E-state index in [4.69, 9.17) is 17.3 Å². The van der Waals surface area contributed by atoms with Crippen molar-refractivity contribution >= 4 is 28.8 Å². The second-order valence-electron chi connectivity index (χ2n) is 5.26. The van der Waals surface area contributed by atoms with Crippen LogP contribution >= 0.6 is 11.6 Å². The Bertz CT molecular complexity index is 710. The normalized spacial score (nSPS) is 12.1. The maximum atomic E-state index is 12.6. The zero-order chi connectivity index (χ0) is 19.5. The third kappa shape index (κ3) is 5.07. The molecule has 5 N–H and O–H groups in total. The molecule has 2 rings (SSSR count). The summed E-state index contributed by atoms with van der Waals surface area (Å²) < 4.78 is 75.3. The van der Waals surface area contributed by atoms with Crippen LogP contribution in [0.4, 0.5) is 43.5 Å². The smallest absolute Gasteiger partial charge is 0.397 e. The van der Waals surface area contributed by atoms with E-state index in [1.807, 2.05) is 0 Å². The monoisotopic (exact) mass is 399 g/mol. The quantitative estimate of drug-likeness (QED) is 0.399. The Balaban J connectivity index is 1.91. The molecule has 1 aromatic heterocycles. The average molecular weight is 400 g/mol. The van der Waals surface area contributed by atoms with Crippen molar-refractivity contribution in [1.82, 2.24) is 0 Å². The highest BCUT2D eigenvalue weighted by Gasteiger charge is 2.33. The number of pyridine rings is 1. The van der Waals surface area contributed by atoms with Gasteiger partial charge < -0.3 is 11.1 Å². The number of halogens is 7. The van der Waals surface area contributed by atoms with Crippen LogP contribution in [0, 0.1) is 0 Å². The minimum Gasteiger partial charge on any atom is -0.397 e. The molecule has 0 saturated heterocycles. The predicted octanol–water partition coefficient (Wildman–Crippen LogP) is 4.30. The molecule has 0 unspecified atom stereocenters. The Morgan fingerprint density at radius 1 is 0.923 bits per heavy atom. The van der Waals surface area contributed by atoms with Gasteiger partial charge in [-0.3, -0.25) is 5.32 Å². The van der Waals surface area contributed by atoms with Crippen molar-refractivity contribution in [3.8, 4) is 0 Å². The van der Waals surface area contributed by atoms with E-state index in [9.17, 15) is 26.3 Å². The van der Waals surface area contributed by atoms with Crippen LogP contribution in [0.2, 0.25) is 5.02 Å². The number of H-pyrrole nitrogens is 1. The molecule has 142 valence electrons. The molecule has 0 amide bonds. The van der Waals surface area contributed by atoms with Crippen LogP contribution in [0.15, 0.2) is 30.5 Å². The Hall–Kier alpha value is -2.36. The van der Waals surface area contributed by atoms with Crippen LogP contribution < -0.4 is 21.4 Å². The van der Waals surface area contributed by atoms with Gasteiger partial charge in [-0.2, -0.15) is 26.3 Å². The molecule has 26 heavy (non-hydrogen) atoms. The standard InChI is InChI=1S/C15H13ClF6N4/c16-10-5-9(15(20,21)22)7-26-13(10)25-4-3-24-12-2-1-8(6-11(12)23)14(17,18)19/h1-2,5-7,24H,3-4,23H2,(H,25,26)/p+1. The molecule has 0 aliphatic rings. The molecule has 0 saturated carbocycles.